The van der Waals surface area contributed by atoms with E-state index in [4.69, 9.17) is 0 Å². The molecule has 1 unspecified atom stereocenters. The first kappa shape index (κ1) is 12.4. The number of aromatic nitrogens is 2. The molecular formula is C14H22N2O. The Labute approximate surface area is 103 Å². The van der Waals surface area contributed by atoms with Crippen LogP contribution >= 0.6 is 0 Å². The van der Waals surface area contributed by atoms with Gasteiger partial charge in [-0.1, -0.05) is 19.4 Å². The Morgan fingerprint density at radius 1 is 1.41 bits per heavy atom. The second-order valence-corrected chi connectivity index (χ2v) is 4.82. The van der Waals surface area contributed by atoms with Crippen LogP contribution in [0.15, 0.2) is 17.7 Å². The molecule has 3 nitrogen and oxygen atoms in total. The summed E-state index contributed by atoms with van der Waals surface area (Å²) in [6.07, 6.45) is 8.52. The molecule has 1 aromatic rings. The number of aliphatic hydroxyl groups excluding tert-OH is 1. The van der Waals surface area contributed by atoms with Crippen LogP contribution in [0.3, 0.4) is 0 Å². The Hall–Kier alpha value is -1.09. The van der Waals surface area contributed by atoms with Crippen molar-refractivity contribution in [1.82, 2.24) is 9.78 Å². The first-order valence-electron chi connectivity index (χ1n) is 6.62. The van der Waals surface area contributed by atoms with Crippen LogP contribution in [0, 0.1) is 0 Å². The van der Waals surface area contributed by atoms with Crippen molar-refractivity contribution in [2.75, 3.05) is 0 Å². The van der Waals surface area contributed by atoms with E-state index in [1.807, 2.05) is 17.8 Å². The summed E-state index contributed by atoms with van der Waals surface area (Å²) in [4.78, 5) is 0. The Morgan fingerprint density at radius 3 is 2.94 bits per heavy atom. The molecule has 17 heavy (non-hydrogen) atoms. The fourth-order valence-electron chi connectivity index (χ4n) is 2.45. The Morgan fingerprint density at radius 2 is 2.24 bits per heavy atom. The summed E-state index contributed by atoms with van der Waals surface area (Å²) in [5.74, 6) is 0. The number of hydrogen-bond acceptors (Lipinski definition) is 2. The highest BCUT2D eigenvalue weighted by molar-refractivity contribution is 5.23. The molecule has 2 rings (SSSR count). The summed E-state index contributed by atoms with van der Waals surface area (Å²) in [5.41, 5.74) is 3.15. The van der Waals surface area contributed by atoms with Crippen LogP contribution in [-0.2, 0) is 13.5 Å². The van der Waals surface area contributed by atoms with Gasteiger partial charge in [-0.15, -0.1) is 0 Å². The summed E-state index contributed by atoms with van der Waals surface area (Å²) >= 11 is 0. The molecule has 1 heterocycles. The molecular weight excluding hydrogens is 212 g/mol. The van der Waals surface area contributed by atoms with Crippen molar-refractivity contribution in [2.45, 2.75) is 51.6 Å². The molecule has 0 amide bonds. The summed E-state index contributed by atoms with van der Waals surface area (Å²) in [6, 6.07) is 2.02. The first-order valence-corrected chi connectivity index (χ1v) is 6.62. The maximum atomic E-state index is 10.4. The fourth-order valence-corrected chi connectivity index (χ4v) is 2.45. The van der Waals surface area contributed by atoms with E-state index in [1.165, 1.54) is 24.8 Å². The predicted octanol–water partition coefficient (Wildman–Crippen LogP) is 2.91. The van der Waals surface area contributed by atoms with Crippen molar-refractivity contribution in [2.24, 2.45) is 7.05 Å². The summed E-state index contributed by atoms with van der Waals surface area (Å²) < 4.78 is 1.81. The fraction of sp³-hybridized carbons (Fsp3) is 0.643. The van der Waals surface area contributed by atoms with Gasteiger partial charge >= 0.3 is 0 Å². The Balaban J connectivity index is 2.19. The highest BCUT2D eigenvalue weighted by Gasteiger charge is 2.18. The number of aryl methyl sites for hydroxylation is 2. The van der Waals surface area contributed by atoms with Crippen LogP contribution in [0.4, 0.5) is 0 Å². The van der Waals surface area contributed by atoms with Gasteiger partial charge in [0.15, 0.2) is 0 Å². The van der Waals surface area contributed by atoms with Crippen LogP contribution in [-0.4, -0.2) is 14.9 Å². The number of aliphatic hydroxyl groups is 1. The third kappa shape index (κ3) is 2.78. The highest BCUT2D eigenvalue weighted by atomic mass is 16.3. The molecule has 0 fully saturated rings. The minimum atomic E-state index is -0.467. The number of nitrogens with zero attached hydrogens (tertiary/aromatic N) is 2. The lowest BCUT2D eigenvalue weighted by Gasteiger charge is -2.14. The molecule has 1 atom stereocenters. The Kier molecular flexibility index (Phi) is 4.00. The molecule has 94 valence electrons. The van der Waals surface area contributed by atoms with Crippen LogP contribution in [0.2, 0.25) is 0 Å². The highest BCUT2D eigenvalue weighted by Crippen LogP contribution is 2.29. The maximum absolute atomic E-state index is 10.4. The van der Waals surface area contributed by atoms with E-state index >= 15 is 0 Å². The van der Waals surface area contributed by atoms with E-state index in [1.54, 1.807) is 0 Å². The van der Waals surface area contributed by atoms with Crippen molar-refractivity contribution in [1.29, 1.82) is 0 Å². The normalized spacial score (nSPS) is 18.6. The Bertz CT molecular complexity index is 406. The molecule has 0 aliphatic heterocycles. The maximum Gasteiger partial charge on any atom is 0.117 e. The van der Waals surface area contributed by atoms with Crippen molar-refractivity contribution in [3.63, 3.8) is 0 Å². The number of rotatable bonds is 3. The van der Waals surface area contributed by atoms with E-state index in [0.29, 0.717) is 0 Å². The van der Waals surface area contributed by atoms with Gasteiger partial charge in [0.05, 0.1) is 11.4 Å². The van der Waals surface area contributed by atoms with Gasteiger partial charge in [-0.05, 0) is 43.7 Å². The lowest BCUT2D eigenvalue weighted by Crippen LogP contribution is -2.07. The van der Waals surface area contributed by atoms with Gasteiger partial charge in [-0.3, -0.25) is 4.68 Å². The zero-order valence-electron chi connectivity index (χ0n) is 10.8. The van der Waals surface area contributed by atoms with Crippen molar-refractivity contribution in [3.8, 4) is 0 Å². The monoisotopic (exact) mass is 234 g/mol. The molecule has 1 aliphatic rings. The molecule has 0 radical (unpaired) electrons. The lowest BCUT2D eigenvalue weighted by molar-refractivity contribution is 0.200. The van der Waals surface area contributed by atoms with E-state index in [0.717, 1.165) is 30.7 Å². The molecule has 3 heteroatoms. The zero-order chi connectivity index (χ0) is 12.3. The molecule has 0 saturated heterocycles. The molecule has 1 aromatic heterocycles. The van der Waals surface area contributed by atoms with Gasteiger partial charge in [0.1, 0.15) is 6.10 Å². The van der Waals surface area contributed by atoms with Crippen molar-refractivity contribution >= 4 is 0 Å². The zero-order valence-corrected chi connectivity index (χ0v) is 10.8. The molecule has 1 N–H and O–H groups in total. The lowest BCUT2D eigenvalue weighted by atomic mass is 10.0. The van der Waals surface area contributed by atoms with Crippen molar-refractivity contribution in [3.05, 3.63) is 29.1 Å². The number of allylic oxidation sites excluding steroid dienone is 1. The topological polar surface area (TPSA) is 38.0 Å². The van der Waals surface area contributed by atoms with Crippen molar-refractivity contribution < 1.29 is 5.11 Å². The third-order valence-corrected chi connectivity index (χ3v) is 3.54. The van der Waals surface area contributed by atoms with E-state index in [2.05, 4.69) is 18.1 Å². The minimum absolute atomic E-state index is 0.467. The van der Waals surface area contributed by atoms with Crippen LogP contribution in [0.25, 0.3) is 0 Å². The average molecular weight is 234 g/mol. The average Bonchev–Trinajstić information content (AvgIpc) is 2.56. The van der Waals surface area contributed by atoms with Crippen LogP contribution in [0.1, 0.15) is 56.5 Å². The van der Waals surface area contributed by atoms with E-state index < -0.39 is 6.10 Å². The summed E-state index contributed by atoms with van der Waals surface area (Å²) in [7, 11) is 1.91. The van der Waals surface area contributed by atoms with E-state index in [-0.39, 0.29) is 0 Å². The molecule has 0 spiro atoms. The number of hydrogen-bond donors (Lipinski definition) is 1. The largest absolute Gasteiger partial charge is 0.382 e. The molecule has 0 bridgehead atoms. The second-order valence-electron chi connectivity index (χ2n) is 4.82. The van der Waals surface area contributed by atoms with Gasteiger partial charge in [0.2, 0.25) is 0 Å². The van der Waals surface area contributed by atoms with Gasteiger partial charge in [0.25, 0.3) is 0 Å². The van der Waals surface area contributed by atoms with Gasteiger partial charge in [0, 0.05) is 7.05 Å². The summed E-state index contributed by atoms with van der Waals surface area (Å²) in [5, 5.41) is 14.8. The quantitative estimate of drug-likeness (QED) is 0.817. The van der Waals surface area contributed by atoms with Crippen LogP contribution < -0.4 is 0 Å². The minimum Gasteiger partial charge on any atom is -0.382 e. The van der Waals surface area contributed by atoms with E-state index in [9.17, 15) is 5.11 Å². The SMILES string of the molecule is CCc1cc(C(O)C2=CCCCCC2)n(C)n1. The summed E-state index contributed by atoms with van der Waals surface area (Å²) in [6.45, 7) is 2.09. The van der Waals surface area contributed by atoms with Gasteiger partial charge < -0.3 is 5.11 Å². The second kappa shape index (κ2) is 5.50. The molecule has 0 saturated carbocycles. The smallest absolute Gasteiger partial charge is 0.117 e. The van der Waals surface area contributed by atoms with Gasteiger partial charge in [-0.2, -0.15) is 5.10 Å². The molecule has 0 aromatic carbocycles. The van der Waals surface area contributed by atoms with Crippen LogP contribution in [0.5, 0.6) is 0 Å². The standard InChI is InChI=1S/C14H22N2O/c1-3-12-10-13(16(2)15-12)14(17)11-8-6-4-5-7-9-11/h8,10,14,17H,3-7,9H2,1-2H3. The van der Waals surface area contributed by atoms with Gasteiger partial charge in [-0.25, -0.2) is 0 Å². The third-order valence-electron chi connectivity index (χ3n) is 3.54. The predicted molar refractivity (Wildman–Crippen MR) is 68.7 cm³/mol. The molecule has 1 aliphatic carbocycles. The first-order chi connectivity index (χ1) is 8.22.